The van der Waals surface area contributed by atoms with E-state index < -0.39 is 23.6 Å². The summed E-state index contributed by atoms with van der Waals surface area (Å²) in [6.45, 7) is 8.47. The van der Waals surface area contributed by atoms with Crippen LogP contribution in [0.15, 0.2) is 24.3 Å². The molecule has 0 saturated heterocycles. The van der Waals surface area contributed by atoms with Gasteiger partial charge in [-0.25, -0.2) is 4.79 Å². The molecule has 32 heavy (non-hydrogen) atoms. The number of ether oxygens (including phenoxy) is 1. The Bertz CT molecular complexity index is 797. The molecule has 0 heterocycles. The van der Waals surface area contributed by atoms with Crippen molar-refractivity contribution >= 4 is 17.9 Å². The average molecular weight is 448 g/mol. The lowest BCUT2D eigenvalue weighted by atomic mass is 9.94. The van der Waals surface area contributed by atoms with Crippen molar-refractivity contribution in [3.8, 4) is 5.75 Å². The Balaban J connectivity index is 2.26. The minimum atomic E-state index is -1.02. The Morgan fingerprint density at radius 1 is 1.12 bits per heavy atom. The average Bonchev–Trinajstić information content (AvgIpc) is 2.70. The second-order valence-corrected chi connectivity index (χ2v) is 9.56. The van der Waals surface area contributed by atoms with E-state index in [1.807, 2.05) is 0 Å². The standard InChI is InChI=1S/C24H37N3O5/c1-16(2)27(20(29)15-25-23(31)32-24(3,4)5)21(18-13-9-10-14-19(18)28)22(30)26-17-11-7-6-8-12-17/h9-10,13-14,16-17,21,28H,6-8,11-12,15H2,1-5H3,(H,25,31)(H,26,30). The van der Waals surface area contributed by atoms with Gasteiger partial charge in [-0.05, 0) is 53.5 Å². The first-order valence-electron chi connectivity index (χ1n) is 11.4. The molecular weight excluding hydrogens is 410 g/mol. The predicted molar refractivity (Wildman–Crippen MR) is 122 cm³/mol. The molecule has 0 radical (unpaired) electrons. The summed E-state index contributed by atoms with van der Waals surface area (Å²) in [5.41, 5.74) is -0.344. The molecule has 8 nitrogen and oxygen atoms in total. The van der Waals surface area contributed by atoms with E-state index in [4.69, 9.17) is 4.74 Å². The molecule has 0 aromatic heterocycles. The number of carbonyl (C=O) groups is 3. The zero-order valence-corrected chi connectivity index (χ0v) is 19.8. The number of nitrogens with zero attached hydrogens (tertiary/aromatic N) is 1. The SMILES string of the molecule is CC(C)N(C(=O)CNC(=O)OC(C)(C)C)C(C(=O)NC1CCCCC1)c1ccccc1O. The van der Waals surface area contributed by atoms with Crippen LogP contribution in [0.5, 0.6) is 5.75 Å². The third-order valence-corrected chi connectivity index (χ3v) is 5.34. The van der Waals surface area contributed by atoms with Gasteiger partial charge >= 0.3 is 6.09 Å². The number of hydrogen-bond donors (Lipinski definition) is 3. The highest BCUT2D eigenvalue weighted by Crippen LogP contribution is 2.31. The van der Waals surface area contributed by atoms with Gasteiger partial charge in [-0.3, -0.25) is 9.59 Å². The molecule has 1 unspecified atom stereocenters. The van der Waals surface area contributed by atoms with Gasteiger partial charge in [-0.2, -0.15) is 0 Å². The lowest BCUT2D eigenvalue weighted by Crippen LogP contribution is -2.52. The maximum atomic E-state index is 13.4. The third kappa shape index (κ3) is 7.43. The number of phenols is 1. The summed E-state index contributed by atoms with van der Waals surface area (Å²) in [7, 11) is 0. The molecule has 1 aromatic carbocycles. The Kier molecular flexibility index (Phi) is 8.92. The van der Waals surface area contributed by atoms with E-state index in [2.05, 4.69) is 10.6 Å². The van der Waals surface area contributed by atoms with E-state index in [1.165, 1.54) is 11.0 Å². The number of benzene rings is 1. The van der Waals surface area contributed by atoms with Gasteiger partial charge in [-0.15, -0.1) is 0 Å². The number of alkyl carbamates (subject to hydrolysis) is 1. The Morgan fingerprint density at radius 2 is 1.75 bits per heavy atom. The van der Waals surface area contributed by atoms with Gasteiger partial charge in [0.05, 0.1) is 0 Å². The first-order valence-corrected chi connectivity index (χ1v) is 11.4. The second kappa shape index (κ2) is 11.2. The molecule has 1 fully saturated rings. The van der Waals surface area contributed by atoms with Gasteiger partial charge in [0.15, 0.2) is 0 Å². The fourth-order valence-corrected chi connectivity index (χ4v) is 3.95. The van der Waals surface area contributed by atoms with Gasteiger partial charge in [0, 0.05) is 17.6 Å². The highest BCUT2D eigenvalue weighted by atomic mass is 16.6. The van der Waals surface area contributed by atoms with Crippen LogP contribution in [0.3, 0.4) is 0 Å². The number of phenolic OH excluding ortho intramolecular Hbond substituents is 1. The zero-order chi connectivity index (χ0) is 23.9. The van der Waals surface area contributed by atoms with Crippen LogP contribution >= 0.6 is 0 Å². The third-order valence-electron chi connectivity index (χ3n) is 5.34. The summed E-state index contributed by atoms with van der Waals surface area (Å²) in [5.74, 6) is -0.842. The largest absolute Gasteiger partial charge is 0.508 e. The highest BCUT2D eigenvalue weighted by molar-refractivity contribution is 5.91. The van der Waals surface area contributed by atoms with Crippen molar-refractivity contribution < 1.29 is 24.2 Å². The second-order valence-electron chi connectivity index (χ2n) is 9.56. The fraction of sp³-hybridized carbons (Fsp3) is 0.625. The first kappa shape index (κ1) is 25.5. The number of hydrogen-bond acceptors (Lipinski definition) is 5. The summed E-state index contributed by atoms with van der Waals surface area (Å²) in [6, 6.07) is 5.20. The van der Waals surface area contributed by atoms with Crippen LogP contribution < -0.4 is 10.6 Å². The van der Waals surface area contributed by atoms with Crippen molar-refractivity contribution in [3.05, 3.63) is 29.8 Å². The molecule has 3 amide bonds. The number of aromatic hydroxyl groups is 1. The molecule has 1 aliphatic carbocycles. The topological polar surface area (TPSA) is 108 Å². The van der Waals surface area contributed by atoms with E-state index in [1.54, 1.807) is 52.8 Å². The van der Waals surface area contributed by atoms with E-state index in [0.29, 0.717) is 5.56 Å². The number of amides is 3. The zero-order valence-electron chi connectivity index (χ0n) is 19.8. The summed E-state index contributed by atoms with van der Waals surface area (Å²) in [6.07, 6.45) is 4.35. The summed E-state index contributed by atoms with van der Waals surface area (Å²) >= 11 is 0. The number of rotatable bonds is 7. The maximum Gasteiger partial charge on any atom is 0.408 e. The number of para-hydroxylation sites is 1. The summed E-state index contributed by atoms with van der Waals surface area (Å²) in [4.78, 5) is 40.0. The molecule has 178 valence electrons. The van der Waals surface area contributed by atoms with Crippen LogP contribution in [0, 0.1) is 0 Å². The Hall–Kier alpha value is -2.77. The maximum absolute atomic E-state index is 13.4. The quantitative estimate of drug-likeness (QED) is 0.591. The highest BCUT2D eigenvalue weighted by Gasteiger charge is 2.36. The van der Waals surface area contributed by atoms with Gasteiger partial charge in [-0.1, -0.05) is 37.5 Å². The van der Waals surface area contributed by atoms with Crippen LogP contribution in [0.4, 0.5) is 4.79 Å². The predicted octanol–water partition coefficient (Wildman–Crippen LogP) is 3.64. The van der Waals surface area contributed by atoms with Crippen LogP contribution in [0.25, 0.3) is 0 Å². The van der Waals surface area contributed by atoms with Crippen LogP contribution in [0.1, 0.15) is 78.3 Å². The van der Waals surface area contributed by atoms with Gasteiger partial charge in [0.2, 0.25) is 11.8 Å². The molecule has 8 heteroatoms. The monoisotopic (exact) mass is 447 g/mol. The van der Waals surface area contributed by atoms with Crippen molar-refractivity contribution in [3.63, 3.8) is 0 Å². The van der Waals surface area contributed by atoms with Crippen LogP contribution in [0.2, 0.25) is 0 Å². The van der Waals surface area contributed by atoms with Crippen molar-refractivity contribution in [1.82, 2.24) is 15.5 Å². The molecular formula is C24H37N3O5. The molecule has 1 aromatic rings. The molecule has 1 atom stereocenters. The van der Waals surface area contributed by atoms with E-state index >= 15 is 0 Å². The van der Waals surface area contributed by atoms with Gasteiger partial charge in [0.1, 0.15) is 23.9 Å². The molecule has 0 spiro atoms. The van der Waals surface area contributed by atoms with Crippen molar-refractivity contribution in [2.24, 2.45) is 0 Å². The van der Waals surface area contributed by atoms with Crippen LogP contribution in [-0.4, -0.2) is 52.1 Å². The van der Waals surface area contributed by atoms with E-state index in [-0.39, 0.29) is 30.3 Å². The molecule has 0 aliphatic heterocycles. The molecule has 0 bridgehead atoms. The Morgan fingerprint density at radius 3 is 2.31 bits per heavy atom. The Labute approximate surface area is 190 Å². The minimum Gasteiger partial charge on any atom is -0.508 e. The minimum absolute atomic E-state index is 0.0496. The molecule has 1 saturated carbocycles. The summed E-state index contributed by atoms with van der Waals surface area (Å²) in [5, 5.41) is 16.0. The normalized spacial score (nSPS) is 15.7. The fourth-order valence-electron chi connectivity index (χ4n) is 3.95. The van der Waals surface area contributed by atoms with Crippen LogP contribution in [-0.2, 0) is 14.3 Å². The van der Waals surface area contributed by atoms with Crippen molar-refractivity contribution in [2.45, 2.75) is 90.4 Å². The number of nitrogens with one attached hydrogen (secondary N) is 2. The smallest absolute Gasteiger partial charge is 0.408 e. The molecule has 1 aliphatic rings. The lowest BCUT2D eigenvalue weighted by molar-refractivity contribution is -0.142. The van der Waals surface area contributed by atoms with Gasteiger partial charge < -0.3 is 25.4 Å². The van der Waals surface area contributed by atoms with E-state index in [0.717, 1.165) is 32.1 Å². The van der Waals surface area contributed by atoms with Gasteiger partial charge in [0.25, 0.3) is 0 Å². The molecule has 3 N–H and O–H groups in total. The van der Waals surface area contributed by atoms with Crippen molar-refractivity contribution in [1.29, 1.82) is 0 Å². The summed E-state index contributed by atoms with van der Waals surface area (Å²) < 4.78 is 5.20. The lowest BCUT2D eigenvalue weighted by Gasteiger charge is -2.36. The number of carbonyl (C=O) groups excluding carboxylic acids is 3. The molecule has 2 rings (SSSR count). The van der Waals surface area contributed by atoms with E-state index in [9.17, 15) is 19.5 Å². The van der Waals surface area contributed by atoms with Crippen molar-refractivity contribution in [2.75, 3.05) is 6.54 Å². The first-order chi connectivity index (χ1) is 15.0.